The molecule has 0 aliphatic carbocycles. The van der Waals surface area contributed by atoms with Crippen LogP contribution in [0, 0.1) is 0 Å². The van der Waals surface area contributed by atoms with Crippen LogP contribution in [0.3, 0.4) is 0 Å². The molecule has 1 unspecified atom stereocenters. The van der Waals surface area contributed by atoms with E-state index in [1.807, 2.05) is 24.3 Å². The second kappa shape index (κ2) is 9.18. The fourth-order valence-electron chi connectivity index (χ4n) is 4.86. The lowest BCUT2D eigenvalue weighted by Gasteiger charge is -2.26. The zero-order valence-electron chi connectivity index (χ0n) is 19.3. The lowest BCUT2D eigenvalue weighted by molar-refractivity contribution is -0.132. The Morgan fingerprint density at radius 1 is 0.886 bits per heavy atom. The minimum absolute atomic E-state index is 0.0335. The monoisotopic (exact) mass is 470 g/mol. The Morgan fingerprint density at radius 2 is 1.51 bits per heavy atom. The number of benzene rings is 3. The Kier molecular flexibility index (Phi) is 5.91. The normalized spacial score (nSPS) is 19.4. The molecule has 1 atom stereocenters. The number of phenols is 1. The molecule has 0 saturated carbocycles. The molecule has 0 spiro atoms. The Morgan fingerprint density at radius 3 is 2.17 bits per heavy atom. The third-order valence-electron chi connectivity index (χ3n) is 6.61. The van der Waals surface area contributed by atoms with Crippen molar-refractivity contribution >= 4 is 28.8 Å². The molecule has 5 rings (SSSR count). The van der Waals surface area contributed by atoms with Crippen molar-refractivity contribution in [2.45, 2.75) is 18.9 Å². The first kappa shape index (κ1) is 22.5. The van der Waals surface area contributed by atoms with E-state index in [1.165, 1.54) is 24.1 Å². The molecule has 2 aliphatic heterocycles. The van der Waals surface area contributed by atoms with E-state index in [1.54, 1.807) is 36.4 Å². The molecule has 0 bridgehead atoms. The Balaban J connectivity index is 1.64. The molecule has 1 amide bonds. The van der Waals surface area contributed by atoms with Crippen molar-refractivity contribution in [1.29, 1.82) is 0 Å². The third kappa shape index (κ3) is 3.99. The maximum absolute atomic E-state index is 13.3. The summed E-state index contributed by atoms with van der Waals surface area (Å²) < 4.78 is 5.38. The van der Waals surface area contributed by atoms with Crippen LogP contribution in [0.25, 0.3) is 5.76 Å². The predicted octanol–water partition coefficient (Wildman–Crippen LogP) is 4.63. The second-order valence-corrected chi connectivity index (χ2v) is 8.67. The van der Waals surface area contributed by atoms with Gasteiger partial charge in [0.2, 0.25) is 0 Å². The van der Waals surface area contributed by atoms with Crippen LogP contribution in [-0.2, 0) is 9.59 Å². The molecule has 0 aromatic heterocycles. The number of Topliss-reactive ketones (excluding diaryl/α,β-unsaturated/α-hetero) is 1. The molecular formula is C28H26N2O5. The van der Waals surface area contributed by atoms with E-state index in [0.29, 0.717) is 22.6 Å². The summed E-state index contributed by atoms with van der Waals surface area (Å²) in [5.74, 6) is -1.38. The van der Waals surface area contributed by atoms with E-state index >= 15 is 0 Å². The van der Waals surface area contributed by atoms with Gasteiger partial charge in [0.1, 0.15) is 17.3 Å². The zero-order valence-corrected chi connectivity index (χ0v) is 19.3. The van der Waals surface area contributed by atoms with E-state index in [2.05, 4.69) is 4.90 Å². The average molecular weight is 471 g/mol. The maximum atomic E-state index is 13.3. The van der Waals surface area contributed by atoms with Crippen molar-refractivity contribution < 1.29 is 24.5 Å². The number of hydrogen-bond acceptors (Lipinski definition) is 6. The quantitative estimate of drug-likeness (QED) is 0.321. The van der Waals surface area contributed by atoms with E-state index in [9.17, 15) is 19.8 Å². The van der Waals surface area contributed by atoms with Crippen LogP contribution in [0.15, 0.2) is 78.4 Å². The Hall–Kier alpha value is -4.26. The first-order valence-corrected chi connectivity index (χ1v) is 11.6. The van der Waals surface area contributed by atoms with Crippen molar-refractivity contribution in [2.24, 2.45) is 0 Å². The van der Waals surface area contributed by atoms with Crippen LogP contribution in [0.2, 0.25) is 0 Å². The smallest absolute Gasteiger partial charge is 0.300 e. The molecule has 0 radical (unpaired) electrons. The highest BCUT2D eigenvalue weighted by Crippen LogP contribution is 2.43. The minimum atomic E-state index is -0.877. The number of anilines is 2. The highest BCUT2D eigenvalue weighted by atomic mass is 16.5. The van der Waals surface area contributed by atoms with Gasteiger partial charge in [0.05, 0.1) is 24.3 Å². The predicted molar refractivity (Wildman–Crippen MR) is 134 cm³/mol. The number of carbonyl (C=O) groups excluding carboxylic acids is 2. The second-order valence-electron chi connectivity index (χ2n) is 8.67. The molecule has 2 heterocycles. The summed E-state index contributed by atoms with van der Waals surface area (Å²) >= 11 is 0. The number of ketones is 1. The number of aliphatic hydroxyl groups is 1. The number of ether oxygens (including phenoxy) is 1. The van der Waals surface area contributed by atoms with Gasteiger partial charge in [-0.25, -0.2) is 0 Å². The SMILES string of the molecule is COc1ccccc1/C(O)=C1\C(=O)C(=O)N(c2ccc(N3CCCC3)cc2)C1c1ccc(O)cc1. The lowest BCUT2D eigenvalue weighted by Crippen LogP contribution is -2.29. The maximum Gasteiger partial charge on any atom is 0.300 e. The van der Waals surface area contributed by atoms with Crippen LogP contribution in [-0.4, -0.2) is 42.1 Å². The Bertz CT molecular complexity index is 1290. The van der Waals surface area contributed by atoms with Gasteiger partial charge in [0.25, 0.3) is 11.7 Å². The lowest BCUT2D eigenvalue weighted by atomic mass is 9.94. The number of rotatable bonds is 5. The summed E-state index contributed by atoms with van der Waals surface area (Å²) in [7, 11) is 1.48. The van der Waals surface area contributed by atoms with Crippen molar-refractivity contribution in [1.82, 2.24) is 0 Å². The minimum Gasteiger partial charge on any atom is -0.508 e. The summed E-state index contributed by atoms with van der Waals surface area (Å²) in [4.78, 5) is 30.4. The summed E-state index contributed by atoms with van der Waals surface area (Å²) in [6.07, 6.45) is 2.31. The number of phenolic OH excluding ortho intramolecular Hbond substituents is 1. The first-order chi connectivity index (χ1) is 17.0. The molecule has 3 aromatic rings. The fraction of sp³-hybridized carbons (Fsp3) is 0.214. The summed E-state index contributed by atoms with van der Waals surface area (Å²) in [6.45, 7) is 1.99. The van der Waals surface area contributed by atoms with Gasteiger partial charge < -0.3 is 19.8 Å². The van der Waals surface area contributed by atoms with Crippen molar-refractivity contribution in [2.75, 3.05) is 30.0 Å². The van der Waals surface area contributed by atoms with Gasteiger partial charge in [-0.1, -0.05) is 24.3 Å². The van der Waals surface area contributed by atoms with Gasteiger partial charge in [-0.3, -0.25) is 14.5 Å². The third-order valence-corrected chi connectivity index (χ3v) is 6.61. The highest BCUT2D eigenvalue weighted by Gasteiger charge is 2.47. The molecule has 7 heteroatoms. The average Bonchev–Trinajstić information content (AvgIpc) is 3.51. The molecule has 35 heavy (non-hydrogen) atoms. The number of para-hydroxylation sites is 1. The number of amides is 1. The van der Waals surface area contributed by atoms with Gasteiger partial charge in [-0.15, -0.1) is 0 Å². The number of nitrogens with zero attached hydrogens (tertiary/aromatic N) is 2. The van der Waals surface area contributed by atoms with Crippen LogP contribution < -0.4 is 14.5 Å². The van der Waals surface area contributed by atoms with Crippen LogP contribution in [0.4, 0.5) is 11.4 Å². The van der Waals surface area contributed by atoms with Gasteiger partial charge in [0, 0.05) is 24.5 Å². The Labute approximate surface area is 203 Å². The van der Waals surface area contributed by atoms with Crippen LogP contribution >= 0.6 is 0 Å². The number of methoxy groups -OCH3 is 1. The standard InChI is InChI=1S/C28H26N2O5/c1-35-23-7-3-2-6-22(23)26(32)24-25(18-8-14-21(31)15-9-18)30(28(34)27(24)33)20-12-10-19(11-13-20)29-16-4-5-17-29/h2-3,6-15,25,31-32H,4-5,16-17H2,1H3/b26-24+. The number of aromatic hydroxyl groups is 1. The van der Waals surface area contributed by atoms with Gasteiger partial charge in [0.15, 0.2) is 0 Å². The number of carbonyl (C=O) groups is 2. The largest absolute Gasteiger partial charge is 0.508 e. The van der Waals surface area contributed by atoms with E-state index < -0.39 is 17.7 Å². The van der Waals surface area contributed by atoms with Crippen molar-refractivity contribution in [3.05, 3.63) is 89.5 Å². The van der Waals surface area contributed by atoms with Crippen molar-refractivity contribution in [3.8, 4) is 11.5 Å². The number of aliphatic hydroxyl groups excluding tert-OH is 1. The van der Waals surface area contributed by atoms with E-state index in [-0.39, 0.29) is 17.1 Å². The van der Waals surface area contributed by atoms with E-state index in [0.717, 1.165) is 31.6 Å². The molecule has 2 aliphatic rings. The van der Waals surface area contributed by atoms with Gasteiger partial charge >= 0.3 is 0 Å². The van der Waals surface area contributed by atoms with E-state index in [4.69, 9.17) is 4.74 Å². The zero-order chi connectivity index (χ0) is 24.5. The van der Waals surface area contributed by atoms with Crippen LogP contribution in [0.1, 0.15) is 30.0 Å². The molecule has 3 aromatic carbocycles. The molecule has 2 N–H and O–H groups in total. The van der Waals surface area contributed by atoms with Crippen molar-refractivity contribution in [3.63, 3.8) is 0 Å². The molecule has 2 fully saturated rings. The summed E-state index contributed by atoms with van der Waals surface area (Å²) in [6, 6.07) is 19.8. The first-order valence-electron chi connectivity index (χ1n) is 11.6. The van der Waals surface area contributed by atoms with Gasteiger partial charge in [-0.05, 0) is 66.9 Å². The molecule has 2 saturated heterocycles. The molecule has 7 nitrogen and oxygen atoms in total. The van der Waals surface area contributed by atoms with Gasteiger partial charge in [-0.2, -0.15) is 0 Å². The highest BCUT2D eigenvalue weighted by molar-refractivity contribution is 6.51. The molecular weight excluding hydrogens is 444 g/mol. The summed E-state index contributed by atoms with van der Waals surface area (Å²) in [5.41, 5.74) is 2.49. The van der Waals surface area contributed by atoms with Crippen LogP contribution in [0.5, 0.6) is 11.5 Å². The number of hydrogen-bond donors (Lipinski definition) is 2. The molecule has 178 valence electrons. The fourth-order valence-corrected chi connectivity index (χ4v) is 4.86. The topological polar surface area (TPSA) is 90.3 Å². The summed E-state index contributed by atoms with van der Waals surface area (Å²) in [5, 5.41) is 21.1.